The minimum absolute atomic E-state index is 0.0172. The highest BCUT2D eigenvalue weighted by Crippen LogP contribution is 2.39. The van der Waals surface area contributed by atoms with Crippen LogP contribution < -0.4 is 5.46 Å². The molecule has 3 heterocycles. The number of hydrogen-bond acceptors (Lipinski definition) is 5. The van der Waals surface area contributed by atoms with Gasteiger partial charge in [-0.1, -0.05) is 6.92 Å². The summed E-state index contributed by atoms with van der Waals surface area (Å²) in [5, 5.41) is 14.9. The number of ether oxygens (including phenoxy) is 1. The summed E-state index contributed by atoms with van der Waals surface area (Å²) in [5.41, 5.74) is 0.793. The van der Waals surface area contributed by atoms with Crippen molar-refractivity contribution in [2.24, 2.45) is 0 Å². The SMILES string of the molecule is CC(CCO)c1c(F)cc2c(cnn2C2CCCCO2)c1B1OC(C)(C)C(C)(C)O1. The summed E-state index contributed by atoms with van der Waals surface area (Å²) < 4.78 is 35.9. The Labute approximate surface area is 177 Å². The zero-order chi connectivity index (χ0) is 21.7. The van der Waals surface area contributed by atoms with Gasteiger partial charge < -0.3 is 19.2 Å². The minimum Gasteiger partial charge on any atom is -0.399 e. The first-order valence-corrected chi connectivity index (χ1v) is 10.9. The third-order valence-corrected chi connectivity index (χ3v) is 6.91. The van der Waals surface area contributed by atoms with Crippen molar-refractivity contribution < 1.29 is 23.5 Å². The van der Waals surface area contributed by atoms with Gasteiger partial charge in [-0.05, 0) is 70.3 Å². The largest absolute Gasteiger partial charge is 0.495 e. The van der Waals surface area contributed by atoms with Gasteiger partial charge in [0.05, 0.1) is 22.9 Å². The molecule has 2 aromatic rings. The lowest BCUT2D eigenvalue weighted by atomic mass is 9.71. The molecule has 1 N–H and O–H groups in total. The van der Waals surface area contributed by atoms with Crippen molar-refractivity contribution in [3.8, 4) is 0 Å². The molecular weight excluding hydrogens is 386 g/mol. The van der Waals surface area contributed by atoms with E-state index < -0.39 is 18.3 Å². The number of aliphatic hydroxyl groups excluding tert-OH is 1. The average molecular weight is 418 g/mol. The molecule has 0 radical (unpaired) electrons. The van der Waals surface area contributed by atoms with Crippen LogP contribution >= 0.6 is 0 Å². The highest BCUT2D eigenvalue weighted by Gasteiger charge is 2.53. The number of fused-ring (bicyclic) bond motifs is 1. The standard InChI is InChI=1S/C22H32BFN2O4/c1-14(9-10-27)19-16(24)12-17-15(13-25-26(17)18-8-6-7-11-28-18)20(19)23-29-21(2,3)22(4,5)30-23/h12-14,18,27H,6-11H2,1-5H3. The van der Waals surface area contributed by atoms with Gasteiger partial charge >= 0.3 is 7.12 Å². The molecule has 2 unspecified atom stereocenters. The van der Waals surface area contributed by atoms with Gasteiger partial charge in [-0.2, -0.15) is 5.10 Å². The summed E-state index contributed by atoms with van der Waals surface area (Å²) in [4.78, 5) is 0. The van der Waals surface area contributed by atoms with Crippen LogP contribution in [0, 0.1) is 5.82 Å². The molecule has 1 aromatic carbocycles. The van der Waals surface area contributed by atoms with Gasteiger partial charge in [0.25, 0.3) is 0 Å². The number of benzene rings is 1. The summed E-state index contributed by atoms with van der Waals surface area (Å²) in [6, 6.07) is 1.54. The smallest absolute Gasteiger partial charge is 0.399 e. The molecule has 4 rings (SSSR count). The molecule has 2 atom stereocenters. The van der Waals surface area contributed by atoms with E-state index in [2.05, 4.69) is 5.10 Å². The van der Waals surface area contributed by atoms with Crippen molar-refractivity contribution >= 4 is 23.5 Å². The Morgan fingerprint density at radius 1 is 1.27 bits per heavy atom. The van der Waals surface area contributed by atoms with Crippen LogP contribution in [0.5, 0.6) is 0 Å². The fourth-order valence-electron chi connectivity index (χ4n) is 4.39. The molecule has 0 bridgehead atoms. The zero-order valence-corrected chi connectivity index (χ0v) is 18.6. The van der Waals surface area contributed by atoms with E-state index in [-0.39, 0.29) is 24.6 Å². The van der Waals surface area contributed by atoms with E-state index in [9.17, 15) is 5.11 Å². The molecule has 0 saturated carbocycles. The Morgan fingerprint density at radius 2 is 1.97 bits per heavy atom. The second-order valence-corrected chi connectivity index (χ2v) is 9.53. The third-order valence-electron chi connectivity index (χ3n) is 6.91. The second-order valence-electron chi connectivity index (χ2n) is 9.53. The lowest BCUT2D eigenvalue weighted by Crippen LogP contribution is -2.41. The van der Waals surface area contributed by atoms with Gasteiger partial charge in [0.15, 0.2) is 6.23 Å². The van der Waals surface area contributed by atoms with Gasteiger partial charge in [0.1, 0.15) is 5.82 Å². The maximum absolute atomic E-state index is 15.5. The molecule has 30 heavy (non-hydrogen) atoms. The van der Waals surface area contributed by atoms with Crippen molar-refractivity contribution in [1.29, 1.82) is 0 Å². The van der Waals surface area contributed by atoms with Crippen LogP contribution in [0.2, 0.25) is 0 Å². The quantitative estimate of drug-likeness (QED) is 0.751. The lowest BCUT2D eigenvalue weighted by molar-refractivity contribution is -0.0366. The van der Waals surface area contributed by atoms with Crippen LogP contribution in [-0.4, -0.2) is 46.4 Å². The molecule has 1 aromatic heterocycles. The molecule has 0 aliphatic carbocycles. The number of hydrogen-bond donors (Lipinski definition) is 1. The summed E-state index contributed by atoms with van der Waals surface area (Å²) in [7, 11) is -0.714. The van der Waals surface area contributed by atoms with Crippen LogP contribution in [0.3, 0.4) is 0 Å². The van der Waals surface area contributed by atoms with E-state index in [1.165, 1.54) is 6.07 Å². The zero-order valence-electron chi connectivity index (χ0n) is 18.6. The molecular formula is C22H32BFN2O4. The number of nitrogens with zero attached hydrogens (tertiary/aromatic N) is 2. The Bertz CT molecular complexity index is 907. The molecule has 2 saturated heterocycles. The Kier molecular flexibility index (Phi) is 5.72. The lowest BCUT2D eigenvalue weighted by Gasteiger charge is -2.32. The summed E-state index contributed by atoms with van der Waals surface area (Å²) in [6.45, 7) is 10.5. The monoisotopic (exact) mass is 418 g/mol. The van der Waals surface area contributed by atoms with Gasteiger partial charge in [-0.15, -0.1) is 0 Å². The van der Waals surface area contributed by atoms with Crippen molar-refractivity contribution in [1.82, 2.24) is 9.78 Å². The number of aliphatic hydroxyl groups is 1. The van der Waals surface area contributed by atoms with Gasteiger partial charge in [0.2, 0.25) is 0 Å². The van der Waals surface area contributed by atoms with Crippen molar-refractivity contribution in [3.05, 3.63) is 23.6 Å². The van der Waals surface area contributed by atoms with Crippen molar-refractivity contribution in [2.45, 2.75) is 83.6 Å². The Hall–Kier alpha value is -1.48. The second kappa shape index (κ2) is 7.90. The third kappa shape index (κ3) is 3.58. The fraction of sp³-hybridized carbons (Fsp3) is 0.682. The first kappa shape index (κ1) is 21.7. The molecule has 6 nitrogen and oxygen atoms in total. The summed E-state index contributed by atoms with van der Waals surface area (Å²) >= 11 is 0. The number of aromatic nitrogens is 2. The Morgan fingerprint density at radius 3 is 2.57 bits per heavy atom. The van der Waals surface area contributed by atoms with E-state index in [0.717, 1.165) is 24.6 Å². The molecule has 8 heteroatoms. The minimum atomic E-state index is -0.714. The van der Waals surface area contributed by atoms with Crippen molar-refractivity contribution in [3.63, 3.8) is 0 Å². The van der Waals surface area contributed by atoms with Gasteiger partial charge in [0, 0.05) is 24.7 Å². The van der Waals surface area contributed by atoms with E-state index in [4.69, 9.17) is 14.0 Å². The van der Waals surface area contributed by atoms with E-state index in [1.54, 1.807) is 10.9 Å². The van der Waals surface area contributed by atoms with E-state index >= 15 is 4.39 Å². The molecule has 164 valence electrons. The summed E-state index contributed by atoms with van der Waals surface area (Å²) in [6.07, 6.45) is 4.97. The van der Waals surface area contributed by atoms with Gasteiger partial charge in [-0.25, -0.2) is 9.07 Å². The first-order chi connectivity index (χ1) is 14.2. The average Bonchev–Trinajstić information content (AvgIpc) is 3.18. The van der Waals surface area contributed by atoms with Crippen LogP contribution in [0.25, 0.3) is 10.9 Å². The van der Waals surface area contributed by atoms with Crippen LogP contribution in [-0.2, 0) is 14.0 Å². The number of halogens is 1. The first-order valence-electron chi connectivity index (χ1n) is 10.9. The normalized spacial score (nSPS) is 24.5. The predicted octanol–water partition coefficient (Wildman–Crippen LogP) is 3.66. The van der Waals surface area contributed by atoms with Crippen LogP contribution in [0.1, 0.15) is 78.0 Å². The Balaban J connectivity index is 1.88. The van der Waals surface area contributed by atoms with Gasteiger partial charge in [-0.3, -0.25) is 0 Å². The molecule has 0 amide bonds. The maximum atomic E-state index is 15.5. The van der Waals surface area contributed by atoms with E-state index in [0.29, 0.717) is 29.6 Å². The molecule has 2 aliphatic rings. The maximum Gasteiger partial charge on any atom is 0.495 e. The fourth-order valence-corrected chi connectivity index (χ4v) is 4.39. The molecule has 2 fully saturated rings. The van der Waals surface area contributed by atoms with Crippen LogP contribution in [0.15, 0.2) is 12.3 Å². The number of rotatable bonds is 5. The molecule has 0 spiro atoms. The highest BCUT2D eigenvalue weighted by atomic mass is 19.1. The van der Waals surface area contributed by atoms with Crippen molar-refractivity contribution in [2.75, 3.05) is 13.2 Å². The summed E-state index contributed by atoms with van der Waals surface area (Å²) in [5.74, 6) is -0.520. The highest BCUT2D eigenvalue weighted by molar-refractivity contribution is 6.65. The molecule has 2 aliphatic heterocycles. The van der Waals surface area contributed by atoms with E-state index in [1.807, 2.05) is 34.6 Å². The van der Waals surface area contributed by atoms with Crippen LogP contribution in [0.4, 0.5) is 4.39 Å². The predicted molar refractivity (Wildman–Crippen MR) is 114 cm³/mol. The topological polar surface area (TPSA) is 65.7 Å².